The van der Waals surface area contributed by atoms with E-state index in [1.54, 1.807) is 41.8 Å². The molecular formula is C13H10ClN3O2. The molecule has 1 N–H and O–H groups in total. The number of nitrogens with zero attached hydrogens (tertiary/aromatic N) is 2. The van der Waals surface area contributed by atoms with Gasteiger partial charge in [-0.3, -0.25) is 9.20 Å². The summed E-state index contributed by atoms with van der Waals surface area (Å²) in [4.78, 5) is 16.3. The average molecular weight is 276 g/mol. The Labute approximate surface area is 113 Å². The number of aryl methyl sites for hydroxylation is 1. The van der Waals surface area contributed by atoms with Crippen LogP contribution in [0.15, 0.2) is 41.1 Å². The highest BCUT2D eigenvalue weighted by molar-refractivity contribution is 6.33. The number of carbonyl (C=O) groups is 1. The first-order chi connectivity index (χ1) is 9.16. The number of hydrogen-bond donors (Lipinski definition) is 1. The largest absolute Gasteiger partial charge is 0.459 e. The highest BCUT2D eigenvalue weighted by Crippen LogP contribution is 2.23. The molecule has 0 fully saturated rings. The van der Waals surface area contributed by atoms with Gasteiger partial charge in [0.05, 0.1) is 17.0 Å². The summed E-state index contributed by atoms with van der Waals surface area (Å²) in [6.45, 7) is 1.81. The smallest absolute Gasteiger partial charge is 0.292 e. The molecule has 0 unspecified atom stereocenters. The molecule has 0 aliphatic carbocycles. The molecule has 0 bridgehead atoms. The van der Waals surface area contributed by atoms with Crippen LogP contribution in [0.5, 0.6) is 0 Å². The molecule has 0 aliphatic heterocycles. The Morgan fingerprint density at radius 1 is 1.42 bits per heavy atom. The first kappa shape index (κ1) is 11.8. The summed E-state index contributed by atoms with van der Waals surface area (Å²) < 4.78 is 6.79. The highest BCUT2D eigenvalue weighted by Gasteiger charge is 2.15. The SMILES string of the molecule is Cc1nc2c(Cl)cccn2c1NC(=O)c1ccco1. The number of carbonyl (C=O) groups excluding carboxylic acids is 1. The summed E-state index contributed by atoms with van der Waals surface area (Å²) in [5, 5.41) is 3.30. The third kappa shape index (κ3) is 1.98. The van der Waals surface area contributed by atoms with E-state index in [4.69, 9.17) is 16.0 Å². The van der Waals surface area contributed by atoms with Crippen molar-refractivity contribution in [1.82, 2.24) is 9.38 Å². The lowest BCUT2D eigenvalue weighted by Crippen LogP contribution is -2.13. The van der Waals surface area contributed by atoms with Gasteiger partial charge in [0.1, 0.15) is 5.82 Å². The molecule has 3 heterocycles. The van der Waals surface area contributed by atoms with E-state index >= 15 is 0 Å². The molecule has 0 aromatic carbocycles. The zero-order valence-electron chi connectivity index (χ0n) is 10.1. The van der Waals surface area contributed by atoms with Crippen molar-refractivity contribution in [3.8, 4) is 0 Å². The number of aromatic nitrogens is 2. The Morgan fingerprint density at radius 2 is 2.26 bits per heavy atom. The highest BCUT2D eigenvalue weighted by atomic mass is 35.5. The Kier molecular flexibility index (Phi) is 2.76. The Morgan fingerprint density at radius 3 is 3.00 bits per heavy atom. The van der Waals surface area contributed by atoms with E-state index in [0.29, 0.717) is 22.2 Å². The number of pyridine rings is 1. The van der Waals surface area contributed by atoms with Crippen molar-refractivity contribution in [2.24, 2.45) is 0 Å². The number of furan rings is 1. The van der Waals surface area contributed by atoms with Crippen molar-refractivity contribution < 1.29 is 9.21 Å². The second kappa shape index (κ2) is 4.44. The molecule has 5 nitrogen and oxygen atoms in total. The minimum absolute atomic E-state index is 0.247. The van der Waals surface area contributed by atoms with Crippen molar-refractivity contribution in [2.75, 3.05) is 5.32 Å². The van der Waals surface area contributed by atoms with Crippen LogP contribution in [0.25, 0.3) is 5.65 Å². The molecule has 0 spiro atoms. The summed E-state index contributed by atoms with van der Waals surface area (Å²) >= 11 is 6.06. The summed E-state index contributed by atoms with van der Waals surface area (Å²) in [7, 11) is 0. The molecule has 6 heteroatoms. The monoisotopic (exact) mass is 275 g/mol. The second-order valence-corrected chi connectivity index (χ2v) is 4.43. The van der Waals surface area contributed by atoms with Gasteiger partial charge in [-0.15, -0.1) is 0 Å². The van der Waals surface area contributed by atoms with Gasteiger partial charge in [0, 0.05) is 6.20 Å². The van der Waals surface area contributed by atoms with Crippen molar-refractivity contribution in [1.29, 1.82) is 0 Å². The summed E-state index contributed by atoms with van der Waals surface area (Å²) in [6, 6.07) is 6.80. The number of hydrogen-bond acceptors (Lipinski definition) is 3. The molecule has 0 radical (unpaired) electrons. The van der Waals surface area contributed by atoms with Gasteiger partial charge in [0.2, 0.25) is 0 Å². The van der Waals surface area contributed by atoms with E-state index in [1.807, 2.05) is 0 Å². The lowest BCUT2D eigenvalue weighted by Gasteiger charge is -2.04. The van der Waals surface area contributed by atoms with E-state index in [1.165, 1.54) is 6.26 Å². The lowest BCUT2D eigenvalue weighted by atomic mass is 10.4. The van der Waals surface area contributed by atoms with Crippen LogP contribution in [0, 0.1) is 6.92 Å². The third-order valence-electron chi connectivity index (χ3n) is 2.75. The normalized spacial score (nSPS) is 10.8. The van der Waals surface area contributed by atoms with Crippen molar-refractivity contribution in [3.63, 3.8) is 0 Å². The summed E-state index contributed by atoms with van der Waals surface area (Å²) in [6.07, 6.45) is 3.24. The maximum atomic E-state index is 12.0. The van der Waals surface area contributed by atoms with E-state index in [-0.39, 0.29) is 11.7 Å². The minimum Gasteiger partial charge on any atom is -0.459 e. The van der Waals surface area contributed by atoms with Gasteiger partial charge in [-0.1, -0.05) is 11.6 Å². The molecule has 0 saturated carbocycles. The molecule has 0 saturated heterocycles. The molecular weight excluding hydrogens is 266 g/mol. The number of fused-ring (bicyclic) bond motifs is 1. The maximum Gasteiger partial charge on any atom is 0.292 e. The topological polar surface area (TPSA) is 59.5 Å². The number of nitrogens with one attached hydrogen (secondary N) is 1. The predicted molar refractivity (Wildman–Crippen MR) is 71.6 cm³/mol. The van der Waals surface area contributed by atoms with Gasteiger partial charge >= 0.3 is 0 Å². The van der Waals surface area contributed by atoms with Crippen LogP contribution in [0.2, 0.25) is 5.02 Å². The molecule has 19 heavy (non-hydrogen) atoms. The van der Waals surface area contributed by atoms with Crippen LogP contribution >= 0.6 is 11.6 Å². The quantitative estimate of drug-likeness (QED) is 0.781. The zero-order chi connectivity index (χ0) is 13.4. The first-order valence-corrected chi connectivity index (χ1v) is 6.02. The van der Waals surface area contributed by atoms with E-state index in [9.17, 15) is 4.79 Å². The number of amides is 1. The van der Waals surface area contributed by atoms with Gasteiger partial charge in [-0.05, 0) is 31.2 Å². The second-order valence-electron chi connectivity index (χ2n) is 4.03. The zero-order valence-corrected chi connectivity index (χ0v) is 10.8. The fraction of sp³-hybridized carbons (Fsp3) is 0.0769. The number of rotatable bonds is 2. The van der Waals surface area contributed by atoms with Crippen molar-refractivity contribution in [2.45, 2.75) is 6.92 Å². The van der Waals surface area contributed by atoms with Crippen molar-refractivity contribution in [3.05, 3.63) is 53.2 Å². The van der Waals surface area contributed by atoms with E-state index in [0.717, 1.165) is 0 Å². The predicted octanol–water partition coefficient (Wildman–Crippen LogP) is 3.14. The van der Waals surface area contributed by atoms with E-state index in [2.05, 4.69) is 10.3 Å². The number of halogens is 1. The van der Waals surface area contributed by atoms with Crippen LogP contribution < -0.4 is 5.32 Å². The van der Waals surface area contributed by atoms with Crippen molar-refractivity contribution >= 4 is 29.0 Å². The summed E-state index contributed by atoms with van der Waals surface area (Å²) in [5.74, 6) is 0.505. The molecule has 3 rings (SSSR count). The van der Waals surface area contributed by atoms with Crippen LogP contribution in [0.1, 0.15) is 16.2 Å². The van der Waals surface area contributed by atoms with Crippen LogP contribution in [0.3, 0.4) is 0 Å². The molecule has 96 valence electrons. The Balaban J connectivity index is 2.04. The molecule has 0 aliphatic rings. The standard InChI is InChI=1S/C13H10ClN3O2/c1-8-11(16-13(18)10-5-3-7-19-10)17-6-2-4-9(14)12(17)15-8/h2-7H,1H3,(H,16,18). The first-order valence-electron chi connectivity index (χ1n) is 5.65. The molecule has 3 aromatic rings. The van der Waals surface area contributed by atoms with Gasteiger partial charge < -0.3 is 9.73 Å². The van der Waals surface area contributed by atoms with Gasteiger partial charge in [-0.25, -0.2) is 4.98 Å². The van der Waals surface area contributed by atoms with Crippen LogP contribution in [-0.2, 0) is 0 Å². The fourth-order valence-corrected chi connectivity index (χ4v) is 2.08. The van der Waals surface area contributed by atoms with Gasteiger partial charge in [-0.2, -0.15) is 0 Å². The summed E-state index contributed by atoms with van der Waals surface area (Å²) in [5.41, 5.74) is 1.30. The number of anilines is 1. The Hall–Kier alpha value is -2.27. The third-order valence-corrected chi connectivity index (χ3v) is 3.05. The maximum absolute atomic E-state index is 12.0. The fourth-order valence-electron chi connectivity index (χ4n) is 1.88. The molecule has 3 aromatic heterocycles. The molecule has 0 atom stereocenters. The van der Waals surface area contributed by atoms with Crippen LogP contribution in [-0.4, -0.2) is 15.3 Å². The average Bonchev–Trinajstić information content (AvgIpc) is 3.00. The van der Waals surface area contributed by atoms with Gasteiger partial charge in [0.15, 0.2) is 11.4 Å². The molecule has 1 amide bonds. The lowest BCUT2D eigenvalue weighted by molar-refractivity contribution is 0.0996. The van der Waals surface area contributed by atoms with Gasteiger partial charge in [0.25, 0.3) is 5.91 Å². The number of imidazole rings is 1. The van der Waals surface area contributed by atoms with E-state index < -0.39 is 0 Å². The van der Waals surface area contributed by atoms with Crippen LogP contribution in [0.4, 0.5) is 5.82 Å². The Bertz CT molecular complexity index is 747. The minimum atomic E-state index is -0.324.